The van der Waals surface area contributed by atoms with Gasteiger partial charge in [0.1, 0.15) is 5.75 Å². The Morgan fingerprint density at radius 2 is 1.84 bits per heavy atom. The van der Waals surface area contributed by atoms with Gasteiger partial charge in [0.05, 0.1) is 30.4 Å². The number of carbonyl (C=O) groups excluding carboxylic acids is 2. The van der Waals surface area contributed by atoms with Crippen LogP contribution >= 0.6 is 11.8 Å². The average molecular weight is 439 g/mol. The number of aryl methyl sites for hydroxylation is 1. The molecule has 6 nitrogen and oxygen atoms in total. The monoisotopic (exact) mass is 438 g/mol. The van der Waals surface area contributed by atoms with E-state index in [1.165, 1.54) is 23.8 Å². The van der Waals surface area contributed by atoms with Crippen molar-refractivity contribution in [3.8, 4) is 5.75 Å². The van der Waals surface area contributed by atoms with Crippen molar-refractivity contribution in [1.29, 1.82) is 0 Å². The van der Waals surface area contributed by atoms with Crippen molar-refractivity contribution in [2.45, 2.75) is 26.7 Å². The molecule has 0 spiro atoms. The first-order chi connectivity index (χ1) is 14.7. The molecule has 31 heavy (non-hydrogen) atoms. The summed E-state index contributed by atoms with van der Waals surface area (Å²) < 4.78 is 10.2. The molecule has 0 atom stereocenters. The van der Waals surface area contributed by atoms with E-state index in [2.05, 4.69) is 24.9 Å². The van der Waals surface area contributed by atoms with Crippen LogP contribution in [0.1, 0.15) is 46.8 Å². The third-order valence-corrected chi connectivity index (χ3v) is 6.10. The molecule has 1 fully saturated rings. The molecule has 0 radical (unpaired) electrons. The zero-order chi connectivity index (χ0) is 22.7. The number of thioether (sulfide) groups is 1. The largest absolute Gasteiger partial charge is 0.496 e. The fraction of sp³-hybridized carbons (Fsp3) is 0.292. The van der Waals surface area contributed by atoms with Crippen LogP contribution in [0.3, 0.4) is 0 Å². The number of hydrogen-bond donors (Lipinski definition) is 0. The molecule has 0 aliphatic carbocycles. The maximum Gasteiger partial charge on any atom is 0.337 e. The van der Waals surface area contributed by atoms with Gasteiger partial charge in [0, 0.05) is 7.05 Å². The minimum Gasteiger partial charge on any atom is -0.496 e. The maximum absolute atomic E-state index is 12.8. The van der Waals surface area contributed by atoms with Crippen LogP contribution in [0.4, 0.5) is 5.69 Å². The van der Waals surface area contributed by atoms with E-state index in [0.29, 0.717) is 27.2 Å². The third-order valence-electron chi connectivity index (χ3n) is 5.04. The number of amidine groups is 1. The minimum atomic E-state index is -0.400. The number of likely N-dealkylation sites (N-methyl/N-ethyl adjacent to an activating group) is 1. The summed E-state index contributed by atoms with van der Waals surface area (Å²) >= 11 is 1.33. The van der Waals surface area contributed by atoms with Gasteiger partial charge in [-0.25, -0.2) is 9.79 Å². The Balaban J connectivity index is 1.91. The number of nitrogens with zero attached hydrogens (tertiary/aromatic N) is 2. The van der Waals surface area contributed by atoms with Crippen LogP contribution in [-0.2, 0) is 9.53 Å². The van der Waals surface area contributed by atoms with Crippen molar-refractivity contribution in [2.24, 2.45) is 4.99 Å². The van der Waals surface area contributed by atoms with Gasteiger partial charge in [0.15, 0.2) is 5.17 Å². The van der Waals surface area contributed by atoms with Crippen LogP contribution in [0.5, 0.6) is 5.75 Å². The van der Waals surface area contributed by atoms with E-state index < -0.39 is 5.97 Å². The second-order valence-electron chi connectivity index (χ2n) is 7.51. The molecular formula is C24H26N2O4S. The number of esters is 1. The van der Waals surface area contributed by atoms with Crippen molar-refractivity contribution in [3.63, 3.8) is 0 Å². The number of benzene rings is 2. The summed E-state index contributed by atoms with van der Waals surface area (Å²) in [6, 6.07) is 10.8. The molecular weight excluding hydrogens is 412 g/mol. The van der Waals surface area contributed by atoms with Crippen LogP contribution in [0.25, 0.3) is 6.08 Å². The summed E-state index contributed by atoms with van der Waals surface area (Å²) in [5.41, 5.74) is 4.22. The van der Waals surface area contributed by atoms with Crippen molar-refractivity contribution < 1.29 is 19.1 Å². The summed E-state index contributed by atoms with van der Waals surface area (Å²) in [4.78, 5) is 31.1. The summed E-state index contributed by atoms with van der Waals surface area (Å²) in [7, 11) is 4.72. The van der Waals surface area contributed by atoms with Gasteiger partial charge in [0.2, 0.25) is 0 Å². The lowest BCUT2D eigenvalue weighted by molar-refractivity contribution is -0.121. The van der Waals surface area contributed by atoms with Gasteiger partial charge in [-0.3, -0.25) is 9.69 Å². The quantitative estimate of drug-likeness (QED) is 0.477. The van der Waals surface area contributed by atoms with E-state index in [-0.39, 0.29) is 5.91 Å². The Morgan fingerprint density at radius 1 is 1.16 bits per heavy atom. The third kappa shape index (κ3) is 4.82. The molecule has 0 N–H and O–H groups in total. The van der Waals surface area contributed by atoms with E-state index in [4.69, 9.17) is 9.47 Å². The average Bonchev–Trinajstić information content (AvgIpc) is 3.02. The zero-order valence-corrected chi connectivity index (χ0v) is 19.4. The summed E-state index contributed by atoms with van der Waals surface area (Å²) in [5, 5.41) is 0.581. The molecule has 1 aliphatic rings. The second-order valence-corrected chi connectivity index (χ2v) is 8.52. The van der Waals surface area contributed by atoms with Gasteiger partial charge < -0.3 is 9.47 Å². The van der Waals surface area contributed by atoms with Crippen LogP contribution < -0.4 is 4.74 Å². The molecule has 7 heteroatoms. The number of carbonyl (C=O) groups is 2. The number of methoxy groups -OCH3 is 2. The Kier molecular flexibility index (Phi) is 6.85. The van der Waals surface area contributed by atoms with Crippen molar-refractivity contribution in [2.75, 3.05) is 21.3 Å². The van der Waals surface area contributed by atoms with Gasteiger partial charge in [-0.15, -0.1) is 0 Å². The Bertz CT molecular complexity index is 1070. The topological polar surface area (TPSA) is 68.2 Å². The second kappa shape index (κ2) is 9.39. The highest BCUT2D eigenvalue weighted by atomic mass is 32.2. The van der Waals surface area contributed by atoms with Crippen LogP contribution in [0.2, 0.25) is 0 Å². The van der Waals surface area contributed by atoms with E-state index >= 15 is 0 Å². The van der Waals surface area contributed by atoms with E-state index in [9.17, 15) is 9.59 Å². The number of hydrogen-bond acceptors (Lipinski definition) is 6. The summed E-state index contributed by atoms with van der Waals surface area (Å²) in [6.45, 7) is 6.23. The van der Waals surface area contributed by atoms with Crippen molar-refractivity contribution in [1.82, 2.24) is 4.90 Å². The Morgan fingerprint density at radius 3 is 2.42 bits per heavy atom. The Hall–Kier alpha value is -3.06. The number of aliphatic imine (C=N–C) groups is 1. The van der Waals surface area contributed by atoms with Crippen molar-refractivity contribution in [3.05, 3.63) is 63.6 Å². The van der Waals surface area contributed by atoms with Gasteiger partial charge in [-0.2, -0.15) is 0 Å². The lowest BCUT2D eigenvalue weighted by atomic mass is 9.96. The first-order valence-corrected chi connectivity index (χ1v) is 10.7. The fourth-order valence-electron chi connectivity index (χ4n) is 3.19. The summed E-state index contributed by atoms with van der Waals surface area (Å²) in [5.74, 6) is 0.654. The molecule has 1 amide bonds. The zero-order valence-electron chi connectivity index (χ0n) is 18.6. The van der Waals surface area contributed by atoms with E-state index in [1.807, 2.05) is 19.1 Å². The molecule has 3 rings (SSSR count). The van der Waals surface area contributed by atoms with Gasteiger partial charge >= 0.3 is 5.97 Å². The molecule has 162 valence electrons. The first kappa shape index (κ1) is 22.6. The molecule has 2 aromatic carbocycles. The molecule has 0 saturated carbocycles. The molecule has 0 bridgehead atoms. The molecule has 1 saturated heterocycles. The van der Waals surface area contributed by atoms with E-state index in [1.54, 1.807) is 38.4 Å². The molecule has 1 heterocycles. The van der Waals surface area contributed by atoms with Gasteiger partial charge in [0.25, 0.3) is 5.91 Å². The fourth-order valence-corrected chi connectivity index (χ4v) is 4.17. The predicted molar refractivity (Wildman–Crippen MR) is 125 cm³/mol. The van der Waals surface area contributed by atoms with Crippen LogP contribution in [-0.4, -0.2) is 43.2 Å². The Labute approximate surface area is 187 Å². The van der Waals surface area contributed by atoms with Gasteiger partial charge in [-0.05, 0) is 83.8 Å². The van der Waals surface area contributed by atoms with Crippen LogP contribution in [0.15, 0.2) is 46.3 Å². The molecule has 2 aromatic rings. The normalized spacial score (nSPS) is 16.5. The maximum atomic E-state index is 12.8. The SMILES string of the molecule is COC(=O)c1ccc(N=C2SC(=Cc3cc(C(C)C)c(OC)cc3C)C(=O)N2C)cc1. The lowest BCUT2D eigenvalue weighted by Crippen LogP contribution is -2.23. The standard InChI is InChI=1S/C24H26N2O4S/c1-14(2)19-12-17(15(3)11-20(19)29-5)13-21-22(27)26(4)24(31-21)25-18-9-7-16(8-10-18)23(28)30-6/h7-14H,1-6H3. The molecule has 0 unspecified atom stereocenters. The number of rotatable bonds is 5. The number of amides is 1. The predicted octanol–water partition coefficient (Wildman–Crippen LogP) is 5.15. The van der Waals surface area contributed by atoms with E-state index in [0.717, 1.165) is 22.4 Å². The number of ether oxygens (including phenoxy) is 2. The molecule has 0 aromatic heterocycles. The van der Waals surface area contributed by atoms with Gasteiger partial charge in [-0.1, -0.05) is 13.8 Å². The highest BCUT2D eigenvalue weighted by molar-refractivity contribution is 8.18. The highest BCUT2D eigenvalue weighted by Crippen LogP contribution is 2.36. The smallest absolute Gasteiger partial charge is 0.337 e. The van der Waals surface area contributed by atoms with Crippen molar-refractivity contribution >= 4 is 40.6 Å². The molecule has 1 aliphatic heterocycles. The minimum absolute atomic E-state index is 0.101. The summed E-state index contributed by atoms with van der Waals surface area (Å²) in [6.07, 6.45) is 1.91. The first-order valence-electron chi connectivity index (χ1n) is 9.88. The highest BCUT2D eigenvalue weighted by Gasteiger charge is 2.30. The lowest BCUT2D eigenvalue weighted by Gasteiger charge is -2.14. The van der Waals surface area contributed by atoms with Crippen LogP contribution in [0, 0.1) is 6.92 Å².